The summed E-state index contributed by atoms with van der Waals surface area (Å²) < 4.78 is 90.1. The monoisotopic (exact) mass is 575 g/mol. The number of carbonyl (C=O) groups is 1. The molecule has 7 nitrogen and oxygen atoms in total. The number of methoxy groups -OCH3 is 1. The van der Waals surface area contributed by atoms with E-state index in [0.717, 1.165) is 12.3 Å². The fourth-order valence-corrected chi connectivity index (χ4v) is 5.88. The average molecular weight is 576 g/mol. The van der Waals surface area contributed by atoms with Gasteiger partial charge in [0.15, 0.2) is 23.0 Å². The Bertz CT molecular complexity index is 1670. The van der Waals surface area contributed by atoms with Gasteiger partial charge in [0, 0.05) is 54.5 Å². The van der Waals surface area contributed by atoms with Crippen molar-refractivity contribution < 1.29 is 35.9 Å². The molecule has 2 aliphatic heterocycles. The first kappa shape index (κ1) is 27.1. The minimum Gasteiger partial charge on any atom is -0.497 e. The molecular formula is C28H23F6N5O2. The van der Waals surface area contributed by atoms with E-state index in [4.69, 9.17) is 4.74 Å². The van der Waals surface area contributed by atoms with Gasteiger partial charge >= 0.3 is 6.18 Å². The van der Waals surface area contributed by atoms with Gasteiger partial charge in [-0.05, 0) is 43.7 Å². The Kier molecular flexibility index (Phi) is 6.44. The van der Waals surface area contributed by atoms with Gasteiger partial charge in [0.05, 0.1) is 19.0 Å². The molecule has 2 saturated heterocycles. The fraction of sp³-hybridized carbons (Fsp3) is 0.321. The van der Waals surface area contributed by atoms with E-state index < -0.39 is 35.2 Å². The lowest BCUT2D eigenvalue weighted by Gasteiger charge is -2.34. The lowest BCUT2D eigenvalue weighted by molar-refractivity contribution is -0.143. The molecule has 214 valence electrons. The van der Waals surface area contributed by atoms with Gasteiger partial charge in [0.2, 0.25) is 0 Å². The van der Waals surface area contributed by atoms with Crippen molar-refractivity contribution in [3.8, 4) is 17.0 Å². The van der Waals surface area contributed by atoms with Crippen molar-refractivity contribution in [3.63, 3.8) is 0 Å². The van der Waals surface area contributed by atoms with Crippen LogP contribution < -0.4 is 4.74 Å². The molecule has 4 heterocycles. The molecule has 4 aromatic rings. The molecule has 0 radical (unpaired) electrons. The number of nitrogens with zero attached hydrogens (tertiary/aromatic N) is 5. The van der Waals surface area contributed by atoms with Gasteiger partial charge in [-0.2, -0.15) is 18.3 Å². The number of ether oxygens (including phenoxy) is 1. The molecule has 0 N–H and O–H groups in total. The van der Waals surface area contributed by atoms with Crippen molar-refractivity contribution in [2.75, 3.05) is 20.2 Å². The standard InChI is InChI=1S/C28H23F6N5O2/c1-14-24(15-3-5-20(41-2)6-4-15)36-26-21(10-35-39(26)25(14)28(32,33)34)27(40)38-13-18-9-19(38)12-37(18)11-16-7-17(29)8-22(30)23(16)31/h3-8,10,18-19H,9,11-13H2,1-2H3. The third-order valence-corrected chi connectivity index (χ3v) is 7.80. The molecule has 0 saturated carbocycles. The summed E-state index contributed by atoms with van der Waals surface area (Å²) >= 11 is 0. The number of piperazine rings is 1. The molecule has 2 atom stereocenters. The molecule has 41 heavy (non-hydrogen) atoms. The van der Waals surface area contributed by atoms with Crippen LogP contribution in [0.15, 0.2) is 42.6 Å². The minimum absolute atomic E-state index is 0.0403. The van der Waals surface area contributed by atoms with Crippen LogP contribution in [0.2, 0.25) is 0 Å². The number of rotatable bonds is 5. The smallest absolute Gasteiger partial charge is 0.433 e. The van der Waals surface area contributed by atoms with E-state index in [-0.39, 0.29) is 53.2 Å². The maximum atomic E-state index is 14.2. The highest BCUT2D eigenvalue weighted by Crippen LogP contribution is 2.38. The largest absolute Gasteiger partial charge is 0.497 e. The van der Waals surface area contributed by atoms with Crippen LogP contribution in [-0.4, -0.2) is 62.6 Å². The number of alkyl halides is 3. The van der Waals surface area contributed by atoms with E-state index in [9.17, 15) is 31.1 Å². The molecule has 2 aromatic carbocycles. The van der Waals surface area contributed by atoms with E-state index >= 15 is 0 Å². The summed E-state index contributed by atoms with van der Waals surface area (Å²) in [6.45, 7) is 1.79. The van der Waals surface area contributed by atoms with Crippen molar-refractivity contribution in [1.29, 1.82) is 0 Å². The Morgan fingerprint density at radius 2 is 1.80 bits per heavy atom. The van der Waals surface area contributed by atoms with Crippen LogP contribution in [0.25, 0.3) is 16.9 Å². The Morgan fingerprint density at radius 1 is 1.07 bits per heavy atom. The number of halogens is 6. The molecule has 2 aliphatic rings. The van der Waals surface area contributed by atoms with Crippen LogP contribution >= 0.6 is 0 Å². The topological polar surface area (TPSA) is 63.0 Å². The fourth-order valence-electron chi connectivity index (χ4n) is 5.88. The second-order valence-electron chi connectivity index (χ2n) is 10.2. The summed E-state index contributed by atoms with van der Waals surface area (Å²) in [7, 11) is 1.47. The highest BCUT2D eigenvalue weighted by atomic mass is 19.4. The van der Waals surface area contributed by atoms with Crippen LogP contribution in [-0.2, 0) is 12.7 Å². The van der Waals surface area contributed by atoms with Crippen molar-refractivity contribution in [1.82, 2.24) is 24.4 Å². The number of aromatic nitrogens is 3. The molecule has 6 rings (SSSR count). The van der Waals surface area contributed by atoms with Gasteiger partial charge in [-0.3, -0.25) is 9.69 Å². The third-order valence-electron chi connectivity index (χ3n) is 7.80. The first-order chi connectivity index (χ1) is 19.5. The van der Waals surface area contributed by atoms with Gasteiger partial charge in [-0.15, -0.1) is 0 Å². The molecule has 2 aromatic heterocycles. The summed E-state index contributed by atoms with van der Waals surface area (Å²) in [5, 5.41) is 3.90. The summed E-state index contributed by atoms with van der Waals surface area (Å²) in [5.74, 6) is -3.29. The maximum absolute atomic E-state index is 14.2. The van der Waals surface area contributed by atoms with Crippen LogP contribution in [0, 0.1) is 24.4 Å². The molecule has 1 amide bonds. The van der Waals surface area contributed by atoms with Crippen molar-refractivity contribution >= 4 is 11.6 Å². The second kappa shape index (κ2) is 9.75. The maximum Gasteiger partial charge on any atom is 0.433 e. The molecule has 0 spiro atoms. The first-order valence-electron chi connectivity index (χ1n) is 12.7. The van der Waals surface area contributed by atoms with Gasteiger partial charge in [0.25, 0.3) is 5.91 Å². The number of likely N-dealkylation sites (tertiary alicyclic amines) is 2. The summed E-state index contributed by atoms with van der Waals surface area (Å²) in [4.78, 5) is 21.5. The van der Waals surface area contributed by atoms with E-state index in [1.165, 1.54) is 14.0 Å². The number of carbonyl (C=O) groups excluding carboxylic acids is 1. The Hall–Kier alpha value is -4.13. The quantitative estimate of drug-likeness (QED) is 0.241. The van der Waals surface area contributed by atoms with Gasteiger partial charge in [-0.1, -0.05) is 0 Å². The predicted octanol–water partition coefficient (Wildman–Crippen LogP) is 5.25. The highest BCUT2D eigenvalue weighted by Gasteiger charge is 2.46. The van der Waals surface area contributed by atoms with E-state index in [2.05, 4.69) is 10.1 Å². The summed E-state index contributed by atoms with van der Waals surface area (Å²) in [6.07, 6.45) is -3.16. The second-order valence-corrected chi connectivity index (χ2v) is 10.2. The Labute approximate surface area is 229 Å². The molecule has 2 unspecified atom stereocenters. The Balaban J connectivity index is 1.32. The van der Waals surface area contributed by atoms with Crippen LogP contribution in [0.1, 0.15) is 33.6 Å². The lowest BCUT2D eigenvalue weighted by Crippen LogP contribution is -2.48. The number of hydrogen-bond acceptors (Lipinski definition) is 5. The lowest BCUT2D eigenvalue weighted by atomic mass is 10.0. The minimum atomic E-state index is -4.78. The molecule has 0 aliphatic carbocycles. The summed E-state index contributed by atoms with van der Waals surface area (Å²) in [6, 6.07) is 7.27. The number of amides is 1. The number of benzene rings is 2. The zero-order valence-electron chi connectivity index (χ0n) is 21.8. The average Bonchev–Trinajstić information content (AvgIpc) is 3.64. The van der Waals surface area contributed by atoms with E-state index in [1.807, 2.05) is 4.90 Å². The molecule has 2 bridgehead atoms. The van der Waals surface area contributed by atoms with Crippen LogP contribution in [0.5, 0.6) is 5.75 Å². The van der Waals surface area contributed by atoms with Gasteiger partial charge < -0.3 is 9.64 Å². The van der Waals surface area contributed by atoms with Gasteiger partial charge in [-0.25, -0.2) is 22.7 Å². The molecular weight excluding hydrogens is 552 g/mol. The van der Waals surface area contributed by atoms with Crippen molar-refractivity contribution in [2.24, 2.45) is 0 Å². The number of fused-ring (bicyclic) bond motifs is 3. The van der Waals surface area contributed by atoms with Crippen LogP contribution in [0.3, 0.4) is 0 Å². The van der Waals surface area contributed by atoms with Gasteiger partial charge in [0.1, 0.15) is 17.1 Å². The Morgan fingerprint density at radius 3 is 2.44 bits per heavy atom. The van der Waals surface area contributed by atoms with Crippen molar-refractivity contribution in [3.05, 3.63) is 82.4 Å². The summed E-state index contributed by atoms with van der Waals surface area (Å²) in [5.41, 5.74) is -1.15. The molecule has 2 fully saturated rings. The van der Waals surface area contributed by atoms with E-state index in [1.54, 1.807) is 29.2 Å². The normalized spacial score (nSPS) is 19.0. The third kappa shape index (κ3) is 4.57. The highest BCUT2D eigenvalue weighted by molar-refractivity contribution is 6.00. The number of hydrogen-bond donors (Lipinski definition) is 0. The molecule has 13 heteroatoms. The SMILES string of the molecule is COc1ccc(-c2nc3c(C(=O)N4CC5CC4CN5Cc4cc(F)cc(F)c4F)cnn3c(C(F)(F)F)c2C)cc1. The van der Waals surface area contributed by atoms with Crippen LogP contribution in [0.4, 0.5) is 26.3 Å². The van der Waals surface area contributed by atoms with E-state index in [0.29, 0.717) is 34.9 Å². The predicted molar refractivity (Wildman–Crippen MR) is 135 cm³/mol. The zero-order chi connectivity index (χ0) is 29.2. The first-order valence-corrected chi connectivity index (χ1v) is 12.7. The zero-order valence-corrected chi connectivity index (χ0v) is 21.8. The van der Waals surface area contributed by atoms with Crippen molar-refractivity contribution in [2.45, 2.75) is 38.1 Å².